The molecule has 5 nitrogen and oxygen atoms in total. The van der Waals surface area contributed by atoms with Gasteiger partial charge >= 0.3 is 0 Å². The highest BCUT2D eigenvalue weighted by atomic mass is 16.7. The molecular weight excluding hydrogens is 460 g/mol. The third-order valence-electron chi connectivity index (χ3n) is 7.53. The molecule has 180 valence electrons. The molecule has 3 atom stereocenters. The number of hydrogen-bond donors (Lipinski definition) is 0. The van der Waals surface area contributed by atoms with Gasteiger partial charge in [0.15, 0.2) is 6.10 Å². The number of aryl methyl sites for hydroxylation is 1. The van der Waals surface area contributed by atoms with Gasteiger partial charge in [0.25, 0.3) is 5.91 Å². The molecule has 37 heavy (non-hydrogen) atoms. The predicted octanol–water partition coefficient (Wildman–Crippen LogP) is 6.35. The number of carbonyl (C=O) groups is 2. The number of carbonyl (C=O) groups excluding carboxylic acids is 2. The zero-order chi connectivity index (χ0) is 25.1. The Morgan fingerprint density at radius 2 is 1.24 bits per heavy atom. The van der Waals surface area contributed by atoms with Crippen LogP contribution in [0.15, 0.2) is 109 Å². The molecule has 0 saturated carbocycles. The fourth-order valence-corrected chi connectivity index (χ4v) is 5.82. The van der Waals surface area contributed by atoms with E-state index in [1.165, 1.54) is 4.90 Å². The van der Waals surface area contributed by atoms with Crippen molar-refractivity contribution in [3.8, 4) is 0 Å². The third kappa shape index (κ3) is 3.28. The Hall–Kier alpha value is -4.48. The van der Waals surface area contributed by atoms with Crippen LogP contribution in [0.3, 0.4) is 0 Å². The molecule has 0 aliphatic carbocycles. The van der Waals surface area contributed by atoms with Crippen molar-refractivity contribution in [3.63, 3.8) is 0 Å². The smallest absolute Gasteiger partial charge is 0.266 e. The maximum Gasteiger partial charge on any atom is 0.266 e. The Kier molecular flexibility index (Phi) is 4.88. The van der Waals surface area contributed by atoms with Crippen molar-refractivity contribution in [1.29, 1.82) is 0 Å². The van der Waals surface area contributed by atoms with Crippen LogP contribution in [0.2, 0.25) is 0 Å². The predicted molar refractivity (Wildman–Crippen MR) is 145 cm³/mol. The summed E-state index contributed by atoms with van der Waals surface area (Å²) in [4.78, 5) is 35.5. The molecule has 2 amide bonds. The first-order chi connectivity index (χ1) is 18.1. The van der Waals surface area contributed by atoms with E-state index in [0.29, 0.717) is 5.69 Å². The van der Waals surface area contributed by atoms with E-state index in [-0.39, 0.29) is 11.8 Å². The molecule has 2 aliphatic heterocycles. The minimum Gasteiger partial charge on any atom is -0.273 e. The molecule has 7 rings (SSSR count). The summed E-state index contributed by atoms with van der Waals surface area (Å²) >= 11 is 0. The molecule has 0 N–H and O–H groups in total. The zero-order valence-corrected chi connectivity index (χ0v) is 20.2. The number of amides is 2. The minimum absolute atomic E-state index is 0.237. The summed E-state index contributed by atoms with van der Waals surface area (Å²) in [7, 11) is 0. The molecular formula is C32H24N2O3. The van der Waals surface area contributed by atoms with Crippen LogP contribution in [0.5, 0.6) is 0 Å². The monoisotopic (exact) mass is 484 g/mol. The second kappa shape index (κ2) is 8.29. The van der Waals surface area contributed by atoms with Gasteiger partial charge < -0.3 is 0 Å². The van der Waals surface area contributed by atoms with E-state index >= 15 is 0 Å². The number of hydrogen-bond acceptors (Lipinski definition) is 4. The number of anilines is 2. The lowest BCUT2D eigenvalue weighted by Gasteiger charge is -2.30. The maximum atomic E-state index is 14.1. The van der Waals surface area contributed by atoms with Crippen molar-refractivity contribution in [2.24, 2.45) is 5.92 Å². The lowest BCUT2D eigenvalue weighted by atomic mass is 9.84. The Morgan fingerprint density at radius 3 is 1.89 bits per heavy atom. The second-order valence-corrected chi connectivity index (χ2v) is 9.74. The van der Waals surface area contributed by atoms with Crippen LogP contribution in [-0.4, -0.2) is 17.9 Å². The Morgan fingerprint density at radius 1 is 0.649 bits per heavy atom. The molecule has 2 saturated heterocycles. The van der Waals surface area contributed by atoms with Crippen LogP contribution in [0.25, 0.3) is 21.5 Å². The van der Waals surface area contributed by atoms with Crippen LogP contribution in [-0.2, 0) is 14.4 Å². The molecule has 2 fully saturated rings. The third-order valence-corrected chi connectivity index (χ3v) is 7.53. The quantitative estimate of drug-likeness (QED) is 0.221. The highest BCUT2D eigenvalue weighted by Gasteiger charge is 2.60. The Balaban J connectivity index is 1.47. The summed E-state index contributed by atoms with van der Waals surface area (Å²) in [6, 6.07) is 35.3. The lowest BCUT2D eigenvalue weighted by Crippen LogP contribution is -2.37. The van der Waals surface area contributed by atoms with Gasteiger partial charge in [0.05, 0.1) is 17.4 Å². The molecule has 5 heteroatoms. The number of nitrogens with zero attached hydrogens (tertiary/aromatic N) is 2. The Bertz CT molecular complexity index is 1630. The van der Waals surface area contributed by atoms with Crippen LogP contribution in [0.4, 0.5) is 11.4 Å². The normalized spacial score (nSPS) is 21.3. The maximum absolute atomic E-state index is 14.1. The molecule has 0 unspecified atom stereocenters. The van der Waals surface area contributed by atoms with Crippen molar-refractivity contribution in [2.75, 3.05) is 9.96 Å². The molecule has 2 aliphatic rings. The summed E-state index contributed by atoms with van der Waals surface area (Å²) in [5, 5.41) is 6.04. The summed E-state index contributed by atoms with van der Waals surface area (Å²) in [5.74, 6) is -1.26. The molecule has 0 bridgehead atoms. The van der Waals surface area contributed by atoms with E-state index in [9.17, 15) is 9.59 Å². The number of fused-ring (bicyclic) bond motifs is 3. The Labute approximate surface area is 214 Å². The van der Waals surface area contributed by atoms with Crippen molar-refractivity contribution >= 4 is 44.7 Å². The first kappa shape index (κ1) is 21.8. The van der Waals surface area contributed by atoms with E-state index in [0.717, 1.165) is 38.4 Å². The van der Waals surface area contributed by atoms with Crippen LogP contribution < -0.4 is 9.96 Å². The largest absolute Gasteiger partial charge is 0.273 e. The molecule has 5 aromatic carbocycles. The van der Waals surface area contributed by atoms with Gasteiger partial charge in [0.1, 0.15) is 5.92 Å². The second-order valence-electron chi connectivity index (χ2n) is 9.74. The number of rotatable bonds is 3. The first-order valence-corrected chi connectivity index (χ1v) is 12.5. The lowest BCUT2D eigenvalue weighted by molar-refractivity contribution is -0.126. The van der Waals surface area contributed by atoms with Crippen molar-refractivity contribution in [3.05, 3.63) is 120 Å². The zero-order valence-electron chi connectivity index (χ0n) is 20.2. The van der Waals surface area contributed by atoms with Gasteiger partial charge in [0, 0.05) is 0 Å². The minimum atomic E-state index is -0.906. The fraction of sp³-hybridized carbons (Fsp3) is 0.125. The standard InChI is InChI=1S/C32H24N2O3/c1-20-15-17-23(18-16-20)33-31(35)28-29(34(37-30(28)32(33)36)24-11-3-2-4-12-24)27-25-13-7-5-9-21(25)19-22-10-6-8-14-26(22)27/h2-19,28-30H,1H3/t28-,29+,30+/m0/s1. The van der Waals surface area contributed by atoms with Gasteiger partial charge in [0.2, 0.25) is 5.91 Å². The topological polar surface area (TPSA) is 49.9 Å². The number of para-hydroxylation sites is 1. The van der Waals surface area contributed by atoms with Gasteiger partial charge in [-0.1, -0.05) is 84.4 Å². The van der Waals surface area contributed by atoms with Crippen LogP contribution >= 0.6 is 0 Å². The molecule has 0 spiro atoms. The van der Waals surface area contributed by atoms with E-state index in [4.69, 9.17) is 4.84 Å². The number of imide groups is 1. The summed E-state index contributed by atoms with van der Waals surface area (Å²) in [6.07, 6.45) is -0.906. The van der Waals surface area contributed by atoms with Crippen LogP contribution in [0, 0.1) is 12.8 Å². The summed E-state index contributed by atoms with van der Waals surface area (Å²) < 4.78 is 0. The van der Waals surface area contributed by atoms with Crippen molar-refractivity contribution in [2.45, 2.75) is 19.1 Å². The van der Waals surface area contributed by atoms with E-state index < -0.39 is 18.1 Å². The van der Waals surface area contributed by atoms with E-state index in [2.05, 4.69) is 30.3 Å². The van der Waals surface area contributed by atoms with Gasteiger partial charge in [-0.05, 0) is 64.4 Å². The van der Waals surface area contributed by atoms with Crippen LogP contribution in [0.1, 0.15) is 17.2 Å². The van der Waals surface area contributed by atoms with E-state index in [1.54, 1.807) is 5.06 Å². The fourth-order valence-electron chi connectivity index (χ4n) is 5.82. The highest BCUT2D eigenvalue weighted by molar-refractivity contribution is 6.24. The average molecular weight is 485 g/mol. The summed E-state index contributed by atoms with van der Waals surface area (Å²) in [5.41, 5.74) is 3.44. The molecule has 5 aromatic rings. The number of benzene rings is 5. The van der Waals surface area contributed by atoms with Gasteiger partial charge in [-0.3, -0.25) is 14.4 Å². The highest BCUT2D eigenvalue weighted by Crippen LogP contribution is 2.50. The van der Waals surface area contributed by atoms with Gasteiger partial charge in [-0.25, -0.2) is 9.96 Å². The summed E-state index contributed by atoms with van der Waals surface area (Å²) in [6.45, 7) is 1.98. The average Bonchev–Trinajstić information content (AvgIpc) is 3.44. The first-order valence-electron chi connectivity index (χ1n) is 12.5. The van der Waals surface area contributed by atoms with Crippen molar-refractivity contribution < 1.29 is 14.4 Å². The molecule has 0 aromatic heterocycles. The molecule has 2 heterocycles. The van der Waals surface area contributed by atoms with E-state index in [1.807, 2.05) is 85.8 Å². The van der Waals surface area contributed by atoms with Crippen molar-refractivity contribution in [1.82, 2.24) is 0 Å². The van der Waals surface area contributed by atoms with Gasteiger partial charge in [-0.2, -0.15) is 0 Å². The van der Waals surface area contributed by atoms with Gasteiger partial charge in [-0.15, -0.1) is 0 Å². The number of hydroxylamine groups is 1. The SMILES string of the molecule is Cc1ccc(N2C(=O)[C@H]3[C@@H](c4c5ccccc5cc5ccccc45)N(c4ccccc4)O[C@H]3C2=O)cc1. The molecule has 0 radical (unpaired) electrons.